The van der Waals surface area contributed by atoms with Crippen LogP contribution in [0.1, 0.15) is 21.7 Å². The van der Waals surface area contributed by atoms with Gasteiger partial charge in [0.1, 0.15) is 5.69 Å². The molecule has 2 aromatic heterocycles. The molecular weight excluding hydrogens is 338 g/mol. The SMILES string of the molecule is Cc1cccc(C(=O)N2CCn3c(nnc3-c3ccccn3)C2)c1Cl. The van der Waals surface area contributed by atoms with Gasteiger partial charge in [-0.25, -0.2) is 0 Å². The Morgan fingerprint density at radius 3 is 2.80 bits per heavy atom. The smallest absolute Gasteiger partial charge is 0.255 e. The summed E-state index contributed by atoms with van der Waals surface area (Å²) in [5.74, 6) is 1.41. The van der Waals surface area contributed by atoms with E-state index in [0.29, 0.717) is 30.2 Å². The monoisotopic (exact) mass is 353 g/mol. The number of hydrogen-bond donors (Lipinski definition) is 0. The average molecular weight is 354 g/mol. The second-order valence-electron chi connectivity index (χ2n) is 5.97. The van der Waals surface area contributed by atoms with Crippen LogP contribution in [0.3, 0.4) is 0 Å². The highest BCUT2D eigenvalue weighted by Gasteiger charge is 2.27. The molecule has 0 atom stereocenters. The van der Waals surface area contributed by atoms with Gasteiger partial charge >= 0.3 is 0 Å². The Balaban J connectivity index is 1.61. The zero-order valence-electron chi connectivity index (χ0n) is 13.7. The van der Waals surface area contributed by atoms with Gasteiger partial charge in [-0.3, -0.25) is 9.78 Å². The number of pyridine rings is 1. The van der Waals surface area contributed by atoms with Crippen molar-refractivity contribution in [3.8, 4) is 11.5 Å². The summed E-state index contributed by atoms with van der Waals surface area (Å²) in [4.78, 5) is 18.9. The second kappa shape index (κ2) is 6.29. The zero-order chi connectivity index (χ0) is 17.4. The van der Waals surface area contributed by atoms with Crippen molar-refractivity contribution in [1.82, 2.24) is 24.6 Å². The van der Waals surface area contributed by atoms with Crippen LogP contribution in [0.15, 0.2) is 42.6 Å². The van der Waals surface area contributed by atoms with Crippen LogP contribution in [-0.2, 0) is 13.1 Å². The fourth-order valence-corrected chi connectivity index (χ4v) is 3.21. The summed E-state index contributed by atoms with van der Waals surface area (Å²) in [6.07, 6.45) is 1.73. The molecule has 7 heteroatoms. The van der Waals surface area contributed by atoms with Gasteiger partial charge in [0.25, 0.3) is 5.91 Å². The minimum atomic E-state index is -0.0812. The van der Waals surface area contributed by atoms with E-state index in [1.807, 2.05) is 41.8 Å². The first-order valence-corrected chi connectivity index (χ1v) is 8.41. The average Bonchev–Trinajstić information content (AvgIpc) is 3.07. The lowest BCUT2D eigenvalue weighted by Gasteiger charge is -2.28. The maximum absolute atomic E-state index is 12.8. The van der Waals surface area contributed by atoms with Crippen molar-refractivity contribution in [2.75, 3.05) is 6.54 Å². The Kier molecular flexibility index (Phi) is 3.97. The van der Waals surface area contributed by atoms with E-state index in [0.717, 1.165) is 22.9 Å². The van der Waals surface area contributed by atoms with Crippen molar-refractivity contribution in [3.63, 3.8) is 0 Å². The molecule has 6 nitrogen and oxygen atoms in total. The van der Waals surface area contributed by atoms with E-state index in [2.05, 4.69) is 15.2 Å². The fraction of sp³-hybridized carbons (Fsp3) is 0.222. The molecule has 0 fully saturated rings. The van der Waals surface area contributed by atoms with Crippen LogP contribution < -0.4 is 0 Å². The third kappa shape index (κ3) is 2.78. The quantitative estimate of drug-likeness (QED) is 0.710. The molecule has 1 amide bonds. The summed E-state index contributed by atoms with van der Waals surface area (Å²) in [5, 5.41) is 9.01. The summed E-state index contributed by atoms with van der Waals surface area (Å²) >= 11 is 6.30. The molecule has 3 heterocycles. The highest BCUT2D eigenvalue weighted by atomic mass is 35.5. The Morgan fingerprint density at radius 1 is 1.12 bits per heavy atom. The van der Waals surface area contributed by atoms with Gasteiger partial charge < -0.3 is 9.47 Å². The Hall–Kier alpha value is -2.73. The molecule has 0 aliphatic carbocycles. The van der Waals surface area contributed by atoms with Crippen LogP contribution >= 0.6 is 11.6 Å². The molecule has 0 N–H and O–H groups in total. The lowest BCUT2D eigenvalue weighted by Crippen LogP contribution is -2.38. The Labute approximate surface area is 150 Å². The predicted molar refractivity (Wildman–Crippen MR) is 94.2 cm³/mol. The van der Waals surface area contributed by atoms with Crippen molar-refractivity contribution >= 4 is 17.5 Å². The largest absolute Gasteiger partial charge is 0.329 e. The maximum Gasteiger partial charge on any atom is 0.255 e. The highest BCUT2D eigenvalue weighted by molar-refractivity contribution is 6.34. The normalized spacial score (nSPS) is 13.6. The van der Waals surface area contributed by atoms with Crippen molar-refractivity contribution in [2.24, 2.45) is 0 Å². The van der Waals surface area contributed by atoms with Gasteiger partial charge in [0, 0.05) is 19.3 Å². The van der Waals surface area contributed by atoms with Crippen molar-refractivity contribution in [1.29, 1.82) is 0 Å². The molecule has 1 aliphatic heterocycles. The van der Waals surface area contributed by atoms with Crippen LogP contribution in [0.2, 0.25) is 5.02 Å². The number of carbonyl (C=O) groups excluding carboxylic acids is 1. The number of aryl methyl sites for hydroxylation is 1. The van der Waals surface area contributed by atoms with Crippen LogP contribution in [0, 0.1) is 6.92 Å². The van der Waals surface area contributed by atoms with Crippen molar-refractivity contribution in [3.05, 3.63) is 64.6 Å². The molecule has 1 aliphatic rings. The topological polar surface area (TPSA) is 63.9 Å². The first-order valence-electron chi connectivity index (χ1n) is 8.03. The summed E-state index contributed by atoms with van der Waals surface area (Å²) < 4.78 is 2.02. The van der Waals surface area contributed by atoms with E-state index in [4.69, 9.17) is 11.6 Å². The number of benzene rings is 1. The van der Waals surface area contributed by atoms with Crippen LogP contribution in [0.25, 0.3) is 11.5 Å². The molecule has 0 bridgehead atoms. The highest BCUT2D eigenvalue weighted by Crippen LogP contribution is 2.25. The molecule has 4 rings (SSSR count). The van der Waals surface area contributed by atoms with E-state index in [1.54, 1.807) is 17.2 Å². The predicted octanol–water partition coefficient (Wildman–Crippen LogP) is 2.96. The molecule has 0 saturated heterocycles. The molecular formula is C18H16ClN5O. The van der Waals surface area contributed by atoms with Gasteiger partial charge in [-0.2, -0.15) is 0 Å². The van der Waals surface area contributed by atoms with Gasteiger partial charge in [-0.1, -0.05) is 29.8 Å². The van der Waals surface area contributed by atoms with Gasteiger partial charge in [-0.15, -0.1) is 10.2 Å². The summed E-state index contributed by atoms with van der Waals surface area (Å²) in [7, 11) is 0. The van der Waals surface area contributed by atoms with Crippen LogP contribution in [0.4, 0.5) is 0 Å². The molecule has 0 spiro atoms. The Morgan fingerprint density at radius 2 is 2.00 bits per heavy atom. The molecule has 0 saturated carbocycles. The minimum absolute atomic E-state index is 0.0812. The summed E-state index contributed by atoms with van der Waals surface area (Å²) in [6.45, 7) is 3.51. The third-order valence-corrected chi connectivity index (χ3v) is 4.86. The fourth-order valence-electron chi connectivity index (χ4n) is 3.00. The number of amides is 1. The number of hydrogen-bond acceptors (Lipinski definition) is 4. The van der Waals surface area contributed by atoms with Crippen molar-refractivity contribution in [2.45, 2.75) is 20.0 Å². The molecule has 3 aromatic rings. The van der Waals surface area contributed by atoms with E-state index in [-0.39, 0.29) is 5.91 Å². The number of carbonyl (C=O) groups is 1. The van der Waals surface area contributed by atoms with Crippen LogP contribution in [-0.4, -0.2) is 37.1 Å². The second-order valence-corrected chi connectivity index (χ2v) is 6.35. The molecule has 126 valence electrons. The number of fused-ring (bicyclic) bond motifs is 1. The summed E-state index contributed by atoms with van der Waals surface area (Å²) in [6, 6.07) is 11.2. The standard InChI is InChI=1S/C18H16ClN5O/c1-12-5-4-6-13(16(12)19)18(25)23-9-10-24-15(11-23)21-22-17(24)14-7-2-3-8-20-14/h2-8H,9-11H2,1H3. The van der Waals surface area contributed by atoms with Gasteiger partial charge in [0.2, 0.25) is 0 Å². The lowest BCUT2D eigenvalue weighted by atomic mass is 10.1. The summed E-state index contributed by atoms with van der Waals surface area (Å²) in [5.41, 5.74) is 2.20. The first kappa shape index (κ1) is 15.8. The number of halogens is 1. The molecule has 0 unspecified atom stereocenters. The van der Waals surface area contributed by atoms with Gasteiger partial charge in [-0.05, 0) is 30.7 Å². The first-order chi connectivity index (χ1) is 12.1. The maximum atomic E-state index is 12.8. The number of rotatable bonds is 2. The molecule has 25 heavy (non-hydrogen) atoms. The van der Waals surface area contributed by atoms with Crippen molar-refractivity contribution < 1.29 is 4.79 Å². The van der Waals surface area contributed by atoms with E-state index in [9.17, 15) is 4.79 Å². The minimum Gasteiger partial charge on any atom is -0.329 e. The van der Waals surface area contributed by atoms with Gasteiger partial charge in [0.15, 0.2) is 11.6 Å². The third-order valence-electron chi connectivity index (χ3n) is 4.36. The Bertz CT molecular complexity index is 938. The van der Waals surface area contributed by atoms with E-state index >= 15 is 0 Å². The zero-order valence-corrected chi connectivity index (χ0v) is 14.4. The van der Waals surface area contributed by atoms with Crippen LogP contribution in [0.5, 0.6) is 0 Å². The number of aromatic nitrogens is 4. The number of nitrogens with zero attached hydrogens (tertiary/aromatic N) is 5. The van der Waals surface area contributed by atoms with E-state index < -0.39 is 0 Å². The molecule has 0 radical (unpaired) electrons. The van der Waals surface area contributed by atoms with Gasteiger partial charge in [0.05, 0.1) is 17.1 Å². The lowest BCUT2D eigenvalue weighted by molar-refractivity contribution is 0.0708. The van der Waals surface area contributed by atoms with E-state index in [1.165, 1.54) is 0 Å². The molecule has 1 aromatic carbocycles.